The van der Waals surface area contributed by atoms with Crippen molar-refractivity contribution in [2.45, 2.75) is 57.0 Å². The first-order valence-electron chi connectivity index (χ1n) is 9.89. The Morgan fingerprint density at radius 3 is 2.83 bits per heavy atom. The van der Waals surface area contributed by atoms with Gasteiger partial charge in [0.2, 0.25) is 0 Å². The number of hydrogen-bond donors (Lipinski definition) is 0. The van der Waals surface area contributed by atoms with Crippen LogP contribution in [0.2, 0.25) is 0 Å². The van der Waals surface area contributed by atoms with Gasteiger partial charge in [0.1, 0.15) is 5.84 Å². The summed E-state index contributed by atoms with van der Waals surface area (Å²) in [5.41, 5.74) is 0. The molecule has 4 nitrogen and oxygen atoms in total. The van der Waals surface area contributed by atoms with Gasteiger partial charge in [-0.25, -0.2) is 9.98 Å². The van der Waals surface area contributed by atoms with E-state index < -0.39 is 0 Å². The standard InChI is InChI=1S/C20H28N4/c1-2-11-21-18(9-1)22-19-10-3-8-17-16-7-5-13-23-12-4-6-15(20(16)23)14-24(17)19/h1-2,9,11,15-17,20H,3-8,10,12-14H2/t15-,16-,17-,20+/m1/s1. The third-order valence-corrected chi connectivity index (χ3v) is 6.80. The van der Waals surface area contributed by atoms with Gasteiger partial charge < -0.3 is 4.90 Å². The molecule has 1 aromatic rings. The Bertz CT molecular complexity index is 611. The maximum Gasteiger partial charge on any atom is 0.153 e. The van der Waals surface area contributed by atoms with E-state index in [0.717, 1.165) is 36.2 Å². The first-order valence-corrected chi connectivity index (χ1v) is 9.89. The molecule has 128 valence electrons. The van der Waals surface area contributed by atoms with Crippen LogP contribution in [0.3, 0.4) is 0 Å². The van der Waals surface area contributed by atoms with Crippen LogP contribution < -0.4 is 0 Å². The van der Waals surface area contributed by atoms with Crippen molar-refractivity contribution in [3.05, 3.63) is 24.4 Å². The van der Waals surface area contributed by atoms with Crippen molar-refractivity contribution in [3.63, 3.8) is 0 Å². The van der Waals surface area contributed by atoms with Crippen LogP contribution in [0.5, 0.6) is 0 Å². The molecular weight excluding hydrogens is 296 g/mol. The molecule has 0 aliphatic carbocycles. The molecule has 0 unspecified atom stereocenters. The maximum absolute atomic E-state index is 4.96. The summed E-state index contributed by atoms with van der Waals surface area (Å²) in [4.78, 5) is 14.9. The number of piperidine rings is 4. The summed E-state index contributed by atoms with van der Waals surface area (Å²) in [6.45, 7) is 3.92. The summed E-state index contributed by atoms with van der Waals surface area (Å²) in [7, 11) is 0. The molecule has 0 saturated carbocycles. The predicted molar refractivity (Wildman–Crippen MR) is 96.5 cm³/mol. The van der Waals surface area contributed by atoms with E-state index in [-0.39, 0.29) is 0 Å². The number of amidine groups is 1. The number of rotatable bonds is 1. The molecule has 0 amide bonds. The normalized spacial score (nSPS) is 37.8. The zero-order valence-corrected chi connectivity index (χ0v) is 14.5. The average molecular weight is 324 g/mol. The minimum Gasteiger partial charge on any atom is -0.356 e. The van der Waals surface area contributed by atoms with E-state index >= 15 is 0 Å². The largest absolute Gasteiger partial charge is 0.356 e. The lowest BCUT2D eigenvalue weighted by atomic mass is 9.68. The van der Waals surface area contributed by atoms with Crippen LogP contribution in [-0.4, -0.2) is 52.3 Å². The van der Waals surface area contributed by atoms with Crippen LogP contribution in [0, 0.1) is 11.8 Å². The zero-order chi connectivity index (χ0) is 15.9. The van der Waals surface area contributed by atoms with Gasteiger partial charge in [0.25, 0.3) is 0 Å². The second kappa shape index (κ2) is 6.14. The number of hydrogen-bond acceptors (Lipinski definition) is 3. The highest BCUT2D eigenvalue weighted by atomic mass is 15.3. The van der Waals surface area contributed by atoms with Gasteiger partial charge in [-0.3, -0.25) is 4.90 Å². The number of aliphatic imine (C=N–C) groups is 1. The van der Waals surface area contributed by atoms with Crippen molar-refractivity contribution in [3.8, 4) is 0 Å². The predicted octanol–water partition coefficient (Wildman–Crippen LogP) is 3.47. The second-order valence-corrected chi connectivity index (χ2v) is 8.06. The van der Waals surface area contributed by atoms with Gasteiger partial charge in [0.15, 0.2) is 5.82 Å². The Morgan fingerprint density at radius 2 is 1.96 bits per heavy atom. The van der Waals surface area contributed by atoms with Gasteiger partial charge in [-0.2, -0.15) is 0 Å². The fourth-order valence-electron chi connectivity index (χ4n) is 5.95. The van der Waals surface area contributed by atoms with Crippen molar-refractivity contribution >= 4 is 11.7 Å². The Morgan fingerprint density at radius 1 is 1.04 bits per heavy atom. The fourth-order valence-corrected chi connectivity index (χ4v) is 5.95. The third kappa shape index (κ3) is 2.46. The number of aromatic nitrogens is 1. The van der Waals surface area contributed by atoms with Crippen LogP contribution in [0.15, 0.2) is 29.4 Å². The van der Waals surface area contributed by atoms with Crippen molar-refractivity contribution in [2.75, 3.05) is 19.6 Å². The number of pyridine rings is 1. The van der Waals surface area contributed by atoms with Crippen LogP contribution >= 0.6 is 0 Å². The van der Waals surface area contributed by atoms with Gasteiger partial charge in [0, 0.05) is 31.2 Å². The summed E-state index contributed by atoms with van der Waals surface area (Å²) in [6.07, 6.45) is 11.3. The van der Waals surface area contributed by atoms with Gasteiger partial charge in [-0.15, -0.1) is 0 Å². The highest BCUT2D eigenvalue weighted by Crippen LogP contribution is 2.45. The van der Waals surface area contributed by atoms with Crippen LogP contribution in [0.1, 0.15) is 44.9 Å². The molecule has 5 rings (SSSR count). The highest BCUT2D eigenvalue weighted by molar-refractivity contribution is 5.85. The minimum atomic E-state index is 0.725. The van der Waals surface area contributed by atoms with Gasteiger partial charge in [0.05, 0.1) is 0 Å². The highest BCUT2D eigenvalue weighted by Gasteiger charge is 2.49. The quantitative estimate of drug-likeness (QED) is 0.793. The molecule has 4 aliphatic rings. The van der Waals surface area contributed by atoms with Crippen LogP contribution in [-0.2, 0) is 0 Å². The summed E-state index contributed by atoms with van der Waals surface area (Å²) >= 11 is 0. The lowest BCUT2D eigenvalue weighted by Crippen LogP contribution is -2.66. The first-order chi connectivity index (χ1) is 11.9. The molecule has 4 aliphatic heterocycles. The zero-order valence-electron chi connectivity index (χ0n) is 14.5. The van der Waals surface area contributed by atoms with E-state index in [2.05, 4.69) is 14.8 Å². The SMILES string of the molecule is c1ccc(N=C2CCC[C@@H]3[C@H]4CCCN5CCC[C@H](CN23)[C@@H]45)nc1. The number of nitrogens with zero attached hydrogens (tertiary/aromatic N) is 4. The number of fused-ring (bicyclic) bond motifs is 2. The molecule has 4 atom stereocenters. The lowest BCUT2D eigenvalue weighted by Gasteiger charge is -2.59. The van der Waals surface area contributed by atoms with Gasteiger partial charge >= 0.3 is 0 Å². The monoisotopic (exact) mass is 324 g/mol. The Balaban J connectivity index is 1.47. The van der Waals surface area contributed by atoms with Crippen molar-refractivity contribution < 1.29 is 0 Å². The molecule has 4 fully saturated rings. The molecule has 4 heteroatoms. The summed E-state index contributed by atoms with van der Waals surface area (Å²) in [6, 6.07) is 7.63. The average Bonchev–Trinajstić information content (AvgIpc) is 2.64. The second-order valence-electron chi connectivity index (χ2n) is 8.06. The molecule has 0 spiro atoms. The molecule has 1 aromatic heterocycles. The van der Waals surface area contributed by atoms with E-state index in [1.807, 2.05) is 24.4 Å². The topological polar surface area (TPSA) is 31.7 Å². The molecule has 4 saturated heterocycles. The van der Waals surface area contributed by atoms with Gasteiger partial charge in [-0.05, 0) is 75.6 Å². The van der Waals surface area contributed by atoms with Crippen molar-refractivity contribution in [1.29, 1.82) is 0 Å². The smallest absolute Gasteiger partial charge is 0.153 e. The Hall–Kier alpha value is -1.42. The molecule has 5 heterocycles. The molecule has 0 bridgehead atoms. The molecule has 0 N–H and O–H groups in total. The molecule has 0 aromatic carbocycles. The van der Waals surface area contributed by atoms with Crippen LogP contribution in [0.25, 0.3) is 0 Å². The fraction of sp³-hybridized carbons (Fsp3) is 0.700. The van der Waals surface area contributed by atoms with E-state index in [1.54, 1.807) is 0 Å². The minimum absolute atomic E-state index is 0.725. The summed E-state index contributed by atoms with van der Waals surface area (Å²) in [5, 5.41) is 0. The van der Waals surface area contributed by atoms with Gasteiger partial charge in [-0.1, -0.05) is 6.07 Å². The maximum atomic E-state index is 4.96. The molecule has 0 radical (unpaired) electrons. The van der Waals surface area contributed by atoms with Crippen LogP contribution in [0.4, 0.5) is 5.82 Å². The van der Waals surface area contributed by atoms with Crippen molar-refractivity contribution in [1.82, 2.24) is 14.8 Å². The van der Waals surface area contributed by atoms with E-state index in [0.29, 0.717) is 0 Å². The molecule has 24 heavy (non-hydrogen) atoms. The van der Waals surface area contributed by atoms with E-state index in [9.17, 15) is 0 Å². The third-order valence-electron chi connectivity index (χ3n) is 6.80. The first kappa shape index (κ1) is 14.9. The Labute approximate surface area is 145 Å². The summed E-state index contributed by atoms with van der Waals surface area (Å²) < 4.78 is 0. The van der Waals surface area contributed by atoms with Crippen molar-refractivity contribution in [2.24, 2.45) is 16.8 Å². The Kier molecular flexibility index (Phi) is 3.81. The van der Waals surface area contributed by atoms with E-state index in [1.165, 1.54) is 64.0 Å². The lowest BCUT2D eigenvalue weighted by molar-refractivity contribution is -0.0604. The molecular formula is C20H28N4. The van der Waals surface area contributed by atoms with E-state index in [4.69, 9.17) is 4.99 Å². The summed E-state index contributed by atoms with van der Waals surface area (Å²) in [5.74, 6) is 3.91.